The lowest BCUT2D eigenvalue weighted by Gasteiger charge is -2.15. The zero-order chi connectivity index (χ0) is 16.7. The number of nitrogens with zero attached hydrogens (tertiary/aromatic N) is 1. The van der Waals surface area contributed by atoms with Crippen molar-refractivity contribution < 1.29 is 14.3 Å². The predicted molar refractivity (Wildman–Crippen MR) is 94.9 cm³/mol. The number of hydrogen-bond donors (Lipinski definition) is 1. The second-order valence-electron chi connectivity index (χ2n) is 5.00. The fourth-order valence-corrected chi connectivity index (χ4v) is 3.58. The van der Waals surface area contributed by atoms with Crippen LogP contribution < -0.4 is 5.32 Å². The van der Waals surface area contributed by atoms with Crippen LogP contribution in [0.5, 0.6) is 0 Å². The van der Waals surface area contributed by atoms with Crippen molar-refractivity contribution in [3.8, 4) is 0 Å². The molecule has 7 heteroatoms. The summed E-state index contributed by atoms with van der Waals surface area (Å²) in [6, 6.07) is 7.34. The van der Waals surface area contributed by atoms with Crippen LogP contribution in [0.3, 0.4) is 0 Å². The molecule has 0 saturated carbocycles. The molecule has 1 amide bonds. The highest BCUT2D eigenvalue weighted by atomic mass is 32.2. The highest BCUT2D eigenvalue weighted by molar-refractivity contribution is 7.98. The zero-order valence-electron chi connectivity index (χ0n) is 13.2. The Morgan fingerprint density at radius 2 is 2.17 bits per heavy atom. The van der Waals surface area contributed by atoms with Gasteiger partial charge in [-0.2, -0.15) is 11.8 Å². The van der Waals surface area contributed by atoms with E-state index in [2.05, 4.69) is 10.3 Å². The summed E-state index contributed by atoms with van der Waals surface area (Å²) in [7, 11) is 1.34. The molecular weight excluding hydrogens is 332 g/mol. The molecule has 5 nitrogen and oxygen atoms in total. The summed E-state index contributed by atoms with van der Waals surface area (Å²) in [5.41, 5.74) is 0.959. The summed E-state index contributed by atoms with van der Waals surface area (Å²) in [6.45, 7) is 0. The maximum Gasteiger partial charge on any atom is 0.328 e. The highest BCUT2D eigenvalue weighted by Crippen LogP contribution is 2.22. The number of benzene rings is 1. The zero-order valence-corrected chi connectivity index (χ0v) is 14.8. The van der Waals surface area contributed by atoms with E-state index in [1.165, 1.54) is 7.11 Å². The Labute approximate surface area is 143 Å². The van der Waals surface area contributed by atoms with Gasteiger partial charge >= 0.3 is 5.97 Å². The minimum absolute atomic E-state index is 0.152. The summed E-state index contributed by atoms with van der Waals surface area (Å²) < 4.78 is 5.86. The summed E-state index contributed by atoms with van der Waals surface area (Å²) >= 11 is 3.23. The Hall–Kier alpha value is -1.60. The molecule has 124 valence electrons. The Morgan fingerprint density at radius 3 is 2.87 bits per heavy atom. The predicted octanol–water partition coefficient (Wildman–Crippen LogP) is 2.64. The average Bonchev–Trinajstić information content (AvgIpc) is 2.99. The number of aromatic nitrogens is 1. The van der Waals surface area contributed by atoms with Crippen LogP contribution in [0.1, 0.15) is 17.8 Å². The van der Waals surface area contributed by atoms with E-state index in [4.69, 9.17) is 4.74 Å². The lowest BCUT2D eigenvalue weighted by molar-refractivity contribution is -0.145. The molecule has 2 aromatic rings. The normalized spacial score (nSPS) is 12.1. The maximum absolute atomic E-state index is 12.1. The molecule has 1 N–H and O–H groups in total. The van der Waals surface area contributed by atoms with Crippen LogP contribution >= 0.6 is 23.1 Å². The van der Waals surface area contributed by atoms with Gasteiger partial charge in [-0.15, -0.1) is 11.3 Å². The molecule has 23 heavy (non-hydrogen) atoms. The van der Waals surface area contributed by atoms with Crippen LogP contribution in [0.4, 0.5) is 0 Å². The van der Waals surface area contributed by atoms with Crippen molar-refractivity contribution in [2.45, 2.75) is 25.3 Å². The molecule has 0 unspecified atom stereocenters. The molecule has 2 rings (SSSR count). The second-order valence-corrected chi connectivity index (χ2v) is 7.10. The molecule has 1 aromatic heterocycles. The SMILES string of the molecule is COC(=O)[C@@H](CCSC)NC(=O)CCc1nc2ccccc2s1. The van der Waals surface area contributed by atoms with Crippen LogP contribution in [0.2, 0.25) is 0 Å². The van der Waals surface area contributed by atoms with Gasteiger partial charge in [0.2, 0.25) is 5.91 Å². The molecule has 0 aliphatic heterocycles. The Morgan fingerprint density at radius 1 is 1.39 bits per heavy atom. The van der Waals surface area contributed by atoms with E-state index in [1.807, 2.05) is 30.5 Å². The van der Waals surface area contributed by atoms with Gasteiger partial charge in [0.15, 0.2) is 0 Å². The number of ether oxygens (including phenoxy) is 1. The van der Waals surface area contributed by atoms with Gasteiger partial charge in [0.1, 0.15) is 6.04 Å². The minimum Gasteiger partial charge on any atom is -0.467 e. The number of hydrogen-bond acceptors (Lipinski definition) is 6. The first-order valence-corrected chi connectivity index (χ1v) is 9.55. The van der Waals surface area contributed by atoms with Gasteiger partial charge in [-0.05, 0) is 30.6 Å². The molecule has 0 aliphatic rings. The smallest absolute Gasteiger partial charge is 0.328 e. The molecule has 0 radical (unpaired) electrons. The molecular formula is C16H20N2O3S2. The van der Waals surface area contributed by atoms with E-state index in [0.717, 1.165) is 21.0 Å². The molecule has 1 atom stereocenters. The number of fused-ring (bicyclic) bond motifs is 1. The van der Waals surface area contributed by atoms with Gasteiger partial charge in [-0.3, -0.25) is 4.79 Å². The van der Waals surface area contributed by atoms with Gasteiger partial charge in [-0.25, -0.2) is 9.78 Å². The third-order valence-corrected chi connectivity index (χ3v) is 5.08. The van der Waals surface area contributed by atoms with Gasteiger partial charge in [-0.1, -0.05) is 12.1 Å². The number of aryl methyl sites for hydroxylation is 1. The third-order valence-electron chi connectivity index (χ3n) is 3.34. The molecule has 0 saturated heterocycles. The van der Waals surface area contributed by atoms with E-state index in [1.54, 1.807) is 23.1 Å². The summed E-state index contributed by atoms with van der Waals surface area (Å²) in [4.78, 5) is 28.3. The van der Waals surface area contributed by atoms with Crippen molar-refractivity contribution in [2.24, 2.45) is 0 Å². The van der Waals surface area contributed by atoms with Crippen LogP contribution in [0.25, 0.3) is 10.2 Å². The van der Waals surface area contributed by atoms with Crippen molar-refractivity contribution in [3.05, 3.63) is 29.3 Å². The largest absolute Gasteiger partial charge is 0.467 e. The Bertz CT molecular complexity index is 639. The monoisotopic (exact) mass is 352 g/mol. The Balaban J connectivity index is 1.88. The number of esters is 1. The third kappa shape index (κ3) is 5.21. The summed E-state index contributed by atoms with van der Waals surface area (Å²) in [6.07, 6.45) is 3.41. The average molecular weight is 352 g/mol. The van der Waals surface area contributed by atoms with Gasteiger partial charge < -0.3 is 10.1 Å². The number of nitrogens with one attached hydrogen (secondary N) is 1. The maximum atomic E-state index is 12.1. The fraction of sp³-hybridized carbons (Fsp3) is 0.438. The second kappa shape index (κ2) is 8.88. The standard InChI is InChI=1S/C16H20N2O3S2/c1-21-16(20)12(9-10-22-2)17-14(19)7-8-15-18-11-5-3-4-6-13(11)23-15/h3-6,12H,7-10H2,1-2H3,(H,17,19)/t12-/m1/s1. The van der Waals surface area contributed by atoms with Crippen molar-refractivity contribution in [1.29, 1.82) is 0 Å². The number of methoxy groups -OCH3 is 1. The van der Waals surface area contributed by atoms with E-state index in [-0.39, 0.29) is 5.91 Å². The van der Waals surface area contributed by atoms with Crippen LogP contribution in [-0.4, -0.2) is 42.0 Å². The van der Waals surface area contributed by atoms with E-state index in [9.17, 15) is 9.59 Å². The molecule has 0 spiro atoms. The first kappa shape index (κ1) is 17.7. The molecule has 1 heterocycles. The van der Waals surface area contributed by atoms with Gasteiger partial charge in [0, 0.05) is 12.8 Å². The first-order chi connectivity index (χ1) is 11.1. The summed E-state index contributed by atoms with van der Waals surface area (Å²) in [5.74, 6) is 0.242. The lowest BCUT2D eigenvalue weighted by atomic mass is 10.2. The van der Waals surface area contributed by atoms with Crippen molar-refractivity contribution >= 4 is 45.2 Å². The topological polar surface area (TPSA) is 68.3 Å². The van der Waals surface area contributed by atoms with Gasteiger partial charge in [0.25, 0.3) is 0 Å². The quantitative estimate of drug-likeness (QED) is 0.740. The van der Waals surface area contributed by atoms with Gasteiger partial charge in [0.05, 0.1) is 22.3 Å². The first-order valence-electron chi connectivity index (χ1n) is 7.34. The van der Waals surface area contributed by atoms with Crippen LogP contribution in [-0.2, 0) is 20.7 Å². The number of thioether (sulfide) groups is 1. The molecule has 0 bridgehead atoms. The van der Waals surface area contributed by atoms with Crippen LogP contribution in [0.15, 0.2) is 24.3 Å². The molecule has 0 aliphatic carbocycles. The van der Waals surface area contributed by atoms with E-state index >= 15 is 0 Å². The van der Waals surface area contributed by atoms with Crippen molar-refractivity contribution in [1.82, 2.24) is 10.3 Å². The number of amides is 1. The number of rotatable bonds is 8. The molecule has 1 aromatic carbocycles. The van der Waals surface area contributed by atoms with E-state index < -0.39 is 12.0 Å². The fourth-order valence-electron chi connectivity index (χ4n) is 2.14. The number of carbonyl (C=O) groups excluding carboxylic acids is 2. The van der Waals surface area contributed by atoms with Crippen molar-refractivity contribution in [3.63, 3.8) is 0 Å². The van der Waals surface area contributed by atoms with E-state index in [0.29, 0.717) is 19.3 Å². The number of thiazole rings is 1. The number of carbonyl (C=O) groups is 2. The van der Waals surface area contributed by atoms with Crippen molar-refractivity contribution in [2.75, 3.05) is 19.1 Å². The summed E-state index contributed by atoms with van der Waals surface area (Å²) in [5, 5.41) is 3.69. The highest BCUT2D eigenvalue weighted by Gasteiger charge is 2.21. The number of para-hydroxylation sites is 1. The molecule has 0 fully saturated rings. The minimum atomic E-state index is -0.574. The lowest BCUT2D eigenvalue weighted by Crippen LogP contribution is -2.42. The van der Waals surface area contributed by atoms with Crippen LogP contribution in [0, 0.1) is 0 Å². The Kier molecular flexibility index (Phi) is 6.85.